The molecule has 1 nitrogen and oxygen atoms in total. The summed E-state index contributed by atoms with van der Waals surface area (Å²) in [4.78, 5) is 0. The van der Waals surface area contributed by atoms with Crippen LogP contribution < -0.4 is 0 Å². The fourth-order valence-electron chi connectivity index (χ4n) is 4.13. The molecule has 0 unspecified atom stereocenters. The van der Waals surface area contributed by atoms with E-state index in [0.29, 0.717) is 0 Å². The molecule has 5 rings (SSSR count). The van der Waals surface area contributed by atoms with Gasteiger partial charge in [0.25, 0.3) is 0 Å². The van der Waals surface area contributed by atoms with Gasteiger partial charge in [0.2, 0.25) is 0 Å². The molecule has 1 aliphatic rings. The minimum atomic E-state index is 1.03. The zero-order chi connectivity index (χ0) is 16.3. The molecule has 3 aromatic carbocycles. The summed E-state index contributed by atoms with van der Waals surface area (Å²) in [5.41, 5.74) is 10.9. The van der Waals surface area contributed by atoms with Gasteiger partial charge in [0.1, 0.15) is 0 Å². The normalized spacial score (nSPS) is 12.4. The largest absolute Gasteiger partial charge is 0.309 e. The Bertz CT molecular complexity index is 1080. The number of rotatable bonds is 1. The number of benzene rings is 3. The molecule has 1 aromatic heterocycles. The van der Waals surface area contributed by atoms with Crippen molar-refractivity contribution in [3.8, 4) is 16.9 Å². The average Bonchev–Trinajstić information content (AvgIpc) is 3.11. The van der Waals surface area contributed by atoms with Crippen molar-refractivity contribution in [2.75, 3.05) is 0 Å². The van der Waals surface area contributed by atoms with E-state index in [4.69, 9.17) is 0 Å². The summed E-state index contributed by atoms with van der Waals surface area (Å²) < 4.78 is 2.46. The molecule has 0 amide bonds. The smallest absolute Gasteiger partial charge is 0.0579 e. The SMILES string of the molecule is Cc1ccc2c(c1)-c1c(c3cccc(C)c3n1-c1ccccc1)C2. The first-order valence-corrected chi connectivity index (χ1v) is 8.52. The quantitative estimate of drug-likeness (QED) is 0.368. The van der Waals surface area contributed by atoms with Crippen molar-refractivity contribution in [1.29, 1.82) is 0 Å². The molecule has 1 heterocycles. The molecule has 0 bridgehead atoms. The predicted molar refractivity (Wildman–Crippen MR) is 101 cm³/mol. The third-order valence-corrected chi connectivity index (χ3v) is 5.20. The molecule has 24 heavy (non-hydrogen) atoms. The average molecular weight is 309 g/mol. The topological polar surface area (TPSA) is 4.93 Å². The van der Waals surface area contributed by atoms with E-state index < -0.39 is 0 Å². The first kappa shape index (κ1) is 13.6. The maximum Gasteiger partial charge on any atom is 0.0579 e. The molecule has 0 spiro atoms. The maximum absolute atomic E-state index is 2.46. The zero-order valence-electron chi connectivity index (χ0n) is 14.0. The van der Waals surface area contributed by atoms with Crippen molar-refractivity contribution in [3.05, 3.63) is 89.0 Å². The molecule has 0 fully saturated rings. The fourth-order valence-corrected chi connectivity index (χ4v) is 4.13. The Labute approximate surface area is 142 Å². The molecule has 1 aliphatic carbocycles. The van der Waals surface area contributed by atoms with E-state index in [9.17, 15) is 0 Å². The summed E-state index contributed by atoms with van der Waals surface area (Å²) in [5.74, 6) is 0. The van der Waals surface area contributed by atoms with E-state index in [2.05, 4.69) is 85.1 Å². The van der Waals surface area contributed by atoms with Gasteiger partial charge in [-0.3, -0.25) is 0 Å². The minimum absolute atomic E-state index is 1.03. The van der Waals surface area contributed by atoms with Crippen molar-refractivity contribution in [2.24, 2.45) is 0 Å². The Balaban J connectivity index is 1.97. The summed E-state index contributed by atoms with van der Waals surface area (Å²) in [6.45, 7) is 4.40. The van der Waals surface area contributed by atoms with Crippen LogP contribution in [0.3, 0.4) is 0 Å². The van der Waals surface area contributed by atoms with E-state index in [1.54, 1.807) is 0 Å². The van der Waals surface area contributed by atoms with Crippen molar-refractivity contribution >= 4 is 10.9 Å². The number of fused-ring (bicyclic) bond motifs is 5. The summed E-state index contributed by atoms with van der Waals surface area (Å²) in [6, 6.07) is 24.3. The van der Waals surface area contributed by atoms with Crippen molar-refractivity contribution in [1.82, 2.24) is 4.57 Å². The van der Waals surface area contributed by atoms with Crippen LogP contribution >= 0.6 is 0 Å². The van der Waals surface area contributed by atoms with Crippen LogP contribution in [0.2, 0.25) is 0 Å². The van der Waals surface area contributed by atoms with Gasteiger partial charge < -0.3 is 4.57 Å². The standard InChI is InChI=1S/C23H19N/c1-15-11-12-17-14-21-19-10-6-7-16(2)22(19)24(23(21)20(17)13-15)18-8-4-3-5-9-18/h3-13H,14H2,1-2H3. The molecule has 0 N–H and O–H groups in total. The van der Waals surface area contributed by atoms with Crippen molar-refractivity contribution in [2.45, 2.75) is 20.3 Å². The maximum atomic E-state index is 2.46. The summed E-state index contributed by atoms with van der Waals surface area (Å²) in [5, 5.41) is 1.39. The number of hydrogen-bond acceptors (Lipinski definition) is 0. The predicted octanol–water partition coefficient (Wildman–Crippen LogP) is 5.82. The fraction of sp³-hybridized carbons (Fsp3) is 0.130. The van der Waals surface area contributed by atoms with Gasteiger partial charge in [-0.05, 0) is 48.7 Å². The van der Waals surface area contributed by atoms with Gasteiger partial charge in [-0.25, -0.2) is 0 Å². The second-order valence-electron chi connectivity index (χ2n) is 6.81. The Kier molecular flexibility index (Phi) is 2.75. The van der Waals surface area contributed by atoms with Gasteiger partial charge in [-0.15, -0.1) is 0 Å². The second-order valence-corrected chi connectivity index (χ2v) is 6.81. The van der Waals surface area contributed by atoms with E-state index in [1.807, 2.05) is 0 Å². The highest BCUT2D eigenvalue weighted by Gasteiger charge is 2.27. The van der Waals surface area contributed by atoms with Crippen LogP contribution in [0.4, 0.5) is 0 Å². The van der Waals surface area contributed by atoms with Crippen LogP contribution in [0.5, 0.6) is 0 Å². The van der Waals surface area contributed by atoms with E-state index in [0.717, 1.165) is 6.42 Å². The molecule has 0 saturated heterocycles. The molecular weight excluding hydrogens is 290 g/mol. The summed E-state index contributed by atoms with van der Waals surface area (Å²) >= 11 is 0. The number of aromatic nitrogens is 1. The van der Waals surface area contributed by atoms with Gasteiger partial charge in [-0.2, -0.15) is 0 Å². The van der Waals surface area contributed by atoms with Crippen LogP contribution in [0.25, 0.3) is 27.8 Å². The first-order chi connectivity index (χ1) is 11.7. The molecular formula is C23H19N. The Hall–Kier alpha value is -2.80. The van der Waals surface area contributed by atoms with Gasteiger partial charge >= 0.3 is 0 Å². The zero-order valence-corrected chi connectivity index (χ0v) is 14.0. The third-order valence-electron chi connectivity index (χ3n) is 5.20. The number of nitrogens with zero attached hydrogens (tertiary/aromatic N) is 1. The van der Waals surface area contributed by atoms with Gasteiger partial charge in [0.15, 0.2) is 0 Å². The molecule has 116 valence electrons. The van der Waals surface area contributed by atoms with Crippen molar-refractivity contribution in [3.63, 3.8) is 0 Å². The monoisotopic (exact) mass is 309 g/mol. The number of para-hydroxylation sites is 2. The van der Waals surface area contributed by atoms with Crippen molar-refractivity contribution < 1.29 is 0 Å². The van der Waals surface area contributed by atoms with E-state index in [1.165, 1.54) is 50.1 Å². The summed E-state index contributed by atoms with van der Waals surface area (Å²) in [6.07, 6.45) is 1.03. The van der Waals surface area contributed by atoms with Crippen LogP contribution in [0.15, 0.2) is 66.7 Å². The van der Waals surface area contributed by atoms with Gasteiger partial charge in [0.05, 0.1) is 11.2 Å². The highest BCUT2D eigenvalue weighted by atomic mass is 15.0. The lowest BCUT2D eigenvalue weighted by Gasteiger charge is -2.13. The van der Waals surface area contributed by atoms with Crippen LogP contribution in [0.1, 0.15) is 22.3 Å². The minimum Gasteiger partial charge on any atom is -0.309 e. The highest BCUT2D eigenvalue weighted by molar-refractivity contribution is 5.98. The van der Waals surface area contributed by atoms with E-state index in [-0.39, 0.29) is 0 Å². The lowest BCUT2D eigenvalue weighted by Crippen LogP contribution is -1.98. The van der Waals surface area contributed by atoms with Crippen LogP contribution in [-0.2, 0) is 6.42 Å². The molecule has 0 saturated carbocycles. The lowest BCUT2D eigenvalue weighted by molar-refractivity contribution is 1.12. The van der Waals surface area contributed by atoms with E-state index >= 15 is 0 Å². The van der Waals surface area contributed by atoms with Gasteiger partial charge in [-0.1, -0.05) is 54.1 Å². The molecule has 4 aromatic rings. The molecule has 0 radical (unpaired) electrons. The highest BCUT2D eigenvalue weighted by Crippen LogP contribution is 2.45. The number of hydrogen-bond donors (Lipinski definition) is 0. The molecule has 1 heteroatoms. The Morgan fingerprint density at radius 2 is 1.67 bits per heavy atom. The van der Waals surface area contributed by atoms with Gasteiger partial charge in [0, 0.05) is 23.1 Å². The molecule has 0 atom stereocenters. The van der Waals surface area contributed by atoms with Crippen LogP contribution in [-0.4, -0.2) is 4.57 Å². The van der Waals surface area contributed by atoms with Crippen LogP contribution in [0, 0.1) is 13.8 Å². The Morgan fingerprint density at radius 3 is 2.50 bits per heavy atom. The third kappa shape index (κ3) is 1.75. The molecule has 0 aliphatic heterocycles. The lowest BCUT2D eigenvalue weighted by atomic mass is 10.0. The second kappa shape index (κ2) is 4.85. The summed E-state index contributed by atoms with van der Waals surface area (Å²) in [7, 11) is 0. The first-order valence-electron chi connectivity index (χ1n) is 8.52. The number of aryl methyl sites for hydroxylation is 2. The Morgan fingerprint density at radius 1 is 0.833 bits per heavy atom.